The fraction of sp³-hybridized carbons (Fsp3) is 0.786. The van der Waals surface area contributed by atoms with Gasteiger partial charge in [-0.15, -0.1) is 12.3 Å². The summed E-state index contributed by atoms with van der Waals surface area (Å²) in [5.41, 5.74) is -0.659. The Kier molecular flexibility index (Phi) is 5.34. The predicted octanol–water partition coefficient (Wildman–Crippen LogP) is 3.26. The number of ether oxygens (including phenoxy) is 1. The van der Waals surface area contributed by atoms with E-state index in [1.165, 1.54) is 0 Å². The summed E-state index contributed by atoms with van der Waals surface area (Å²) in [6.45, 7) is 6.15. The second-order valence-electron chi connectivity index (χ2n) is 5.77. The third kappa shape index (κ3) is 6.80. The molecule has 0 saturated carbocycles. The number of rotatable bonds is 7. The molecule has 0 spiro atoms. The molecule has 0 bridgehead atoms. The average molecular weight is 265 g/mol. The Bertz CT molecular complexity index is 371. The number of carbonyl (C=O) groups is 1. The van der Waals surface area contributed by atoms with Gasteiger partial charge in [-0.3, -0.25) is 0 Å². The van der Waals surface area contributed by atoms with Crippen LogP contribution < -0.4 is 5.32 Å². The lowest BCUT2D eigenvalue weighted by Crippen LogP contribution is -2.33. The van der Waals surface area contributed by atoms with Crippen LogP contribution in [-0.4, -0.2) is 23.9 Å². The molecule has 0 atom stereocenters. The molecule has 5 nitrogen and oxygen atoms in total. The standard InChI is InChI=1S/C14H23N3O2/c1-5-6-9-14(16-17-14)10-7-8-11-15-12(18)19-13(2,3)4/h1H,6-11H2,2-4H3,(H,15,18). The van der Waals surface area contributed by atoms with E-state index in [1.807, 2.05) is 20.8 Å². The fourth-order valence-electron chi connectivity index (χ4n) is 1.71. The van der Waals surface area contributed by atoms with Gasteiger partial charge in [0.1, 0.15) is 5.60 Å². The molecule has 0 saturated heterocycles. The first-order valence-electron chi connectivity index (χ1n) is 6.71. The van der Waals surface area contributed by atoms with Gasteiger partial charge in [0.05, 0.1) is 0 Å². The highest BCUT2D eigenvalue weighted by Gasteiger charge is 2.38. The number of alkyl carbamates (subject to hydrolysis) is 1. The van der Waals surface area contributed by atoms with Crippen LogP contribution in [0.3, 0.4) is 0 Å². The van der Waals surface area contributed by atoms with Crippen LogP contribution in [-0.2, 0) is 4.74 Å². The zero-order valence-electron chi connectivity index (χ0n) is 12.0. The lowest BCUT2D eigenvalue weighted by Gasteiger charge is -2.19. The van der Waals surface area contributed by atoms with Crippen LogP contribution in [0.2, 0.25) is 0 Å². The number of nitrogens with one attached hydrogen (secondary N) is 1. The van der Waals surface area contributed by atoms with Gasteiger partial charge in [0.25, 0.3) is 0 Å². The van der Waals surface area contributed by atoms with Crippen molar-refractivity contribution in [3.63, 3.8) is 0 Å². The van der Waals surface area contributed by atoms with Crippen LogP contribution in [0.15, 0.2) is 10.2 Å². The summed E-state index contributed by atoms with van der Waals surface area (Å²) in [6.07, 6.45) is 9.18. The minimum atomic E-state index is -0.449. The van der Waals surface area contributed by atoms with E-state index in [-0.39, 0.29) is 11.8 Å². The van der Waals surface area contributed by atoms with Crippen LogP contribution in [0, 0.1) is 12.3 Å². The molecule has 1 aliphatic heterocycles. The molecular weight excluding hydrogens is 242 g/mol. The van der Waals surface area contributed by atoms with Crippen molar-refractivity contribution in [1.82, 2.24) is 5.32 Å². The predicted molar refractivity (Wildman–Crippen MR) is 73.7 cm³/mol. The fourth-order valence-corrected chi connectivity index (χ4v) is 1.71. The zero-order valence-corrected chi connectivity index (χ0v) is 12.0. The van der Waals surface area contributed by atoms with Gasteiger partial charge in [0.2, 0.25) is 0 Å². The highest BCUT2D eigenvalue weighted by Crippen LogP contribution is 2.37. The maximum absolute atomic E-state index is 11.4. The zero-order chi connectivity index (χ0) is 14.4. The minimum absolute atomic E-state index is 0.210. The van der Waals surface area contributed by atoms with Gasteiger partial charge >= 0.3 is 6.09 Å². The number of nitrogens with zero attached hydrogens (tertiary/aromatic N) is 2. The topological polar surface area (TPSA) is 63.0 Å². The van der Waals surface area contributed by atoms with E-state index in [1.54, 1.807) is 0 Å². The molecule has 0 unspecified atom stereocenters. The largest absolute Gasteiger partial charge is 0.444 e. The van der Waals surface area contributed by atoms with E-state index in [2.05, 4.69) is 21.5 Å². The Morgan fingerprint density at radius 2 is 2.00 bits per heavy atom. The lowest BCUT2D eigenvalue weighted by atomic mass is 10.0. The molecule has 1 aliphatic rings. The number of terminal acetylenes is 1. The Balaban J connectivity index is 2.03. The molecule has 0 aliphatic carbocycles. The van der Waals surface area contributed by atoms with Gasteiger partial charge in [-0.1, -0.05) is 0 Å². The van der Waals surface area contributed by atoms with E-state index in [9.17, 15) is 4.79 Å². The summed E-state index contributed by atoms with van der Waals surface area (Å²) in [5, 5.41) is 10.9. The highest BCUT2D eigenvalue weighted by molar-refractivity contribution is 5.67. The normalized spacial score (nSPS) is 15.7. The quantitative estimate of drug-likeness (QED) is 0.567. The van der Waals surface area contributed by atoms with Gasteiger partial charge in [-0.2, -0.15) is 10.2 Å². The summed E-state index contributed by atoms with van der Waals surface area (Å²) in [4.78, 5) is 11.4. The van der Waals surface area contributed by atoms with E-state index < -0.39 is 5.60 Å². The average Bonchev–Trinajstić information content (AvgIpc) is 3.04. The second-order valence-corrected chi connectivity index (χ2v) is 5.77. The van der Waals surface area contributed by atoms with Gasteiger partial charge in [-0.05, 0) is 40.0 Å². The van der Waals surface area contributed by atoms with Crippen molar-refractivity contribution in [1.29, 1.82) is 0 Å². The molecule has 0 aromatic rings. The minimum Gasteiger partial charge on any atom is -0.444 e. The third-order valence-electron chi connectivity index (χ3n) is 2.72. The SMILES string of the molecule is C#CCCC1(CCCCNC(=O)OC(C)(C)C)N=N1. The number of hydrogen-bond acceptors (Lipinski definition) is 4. The van der Waals surface area contributed by atoms with E-state index >= 15 is 0 Å². The number of hydrogen-bond donors (Lipinski definition) is 1. The molecule has 106 valence electrons. The maximum Gasteiger partial charge on any atom is 0.407 e. The van der Waals surface area contributed by atoms with Crippen molar-refractivity contribution < 1.29 is 9.53 Å². The number of carbonyl (C=O) groups excluding carboxylic acids is 1. The summed E-state index contributed by atoms with van der Waals surface area (Å²) in [5.74, 6) is 2.61. The molecule has 0 aromatic heterocycles. The summed E-state index contributed by atoms with van der Waals surface area (Å²) in [6, 6.07) is 0. The molecule has 1 amide bonds. The van der Waals surface area contributed by atoms with E-state index in [4.69, 9.17) is 11.2 Å². The van der Waals surface area contributed by atoms with Crippen molar-refractivity contribution in [3.8, 4) is 12.3 Å². The highest BCUT2D eigenvalue weighted by atomic mass is 16.6. The summed E-state index contributed by atoms with van der Waals surface area (Å²) in [7, 11) is 0. The van der Waals surface area contributed by atoms with Crippen LogP contribution in [0.1, 0.15) is 52.9 Å². The molecule has 0 fully saturated rings. The van der Waals surface area contributed by atoms with E-state index in [0.29, 0.717) is 13.0 Å². The smallest absolute Gasteiger partial charge is 0.407 e. The maximum atomic E-state index is 11.4. The molecule has 0 aromatic carbocycles. The van der Waals surface area contributed by atoms with Crippen LogP contribution in [0.4, 0.5) is 4.79 Å². The molecule has 19 heavy (non-hydrogen) atoms. The Morgan fingerprint density at radius 3 is 2.53 bits per heavy atom. The van der Waals surface area contributed by atoms with Gasteiger partial charge in [0.15, 0.2) is 5.66 Å². The first-order chi connectivity index (χ1) is 8.87. The number of unbranched alkanes of at least 4 members (excludes halogenated alkanes) is 1. The van der Waals surface area contributed by atoms with Crippen LogP contribution in [0.25, 0.3) is 0 Å². The molecule has 0 radical (unpaired) electrons. The molecule has 5 heteroatoms. The molecule has 1 N–H and O–H groups in total. The first-order valence-corrected chi connectivity index (χ1v) is 6.71. The van der Waals surface area contributed by atoms with Gasteiger partial charge in [-0.25, -0.2) is 4.79 Å². The van der Waals surface area contributed by atoms with Crippen LogP contribution >= 0.6 is 0 Å². The van der Waals surface area contributed by atoms with Crippen molar-refractivity contribution >= 4 is 6.09 Å². The lowest BCUT2D eigenvalue weighted by molar-refractivity contribution is 0.0527. The molecular formula is C14H23N3O2. The third-order valence-corrected chi connectivity index (χ3v) is 2.72. The Morgan fingerprint density at radius 1 is 1.32 bits per heavy atom. The first kappa shape index (κ1) is 15.5. The van der Waals surface area contributed by atoms with Gasteiger partial charge in [0, 0.05) is 19.4 Å². The van der Waals surface area contributed by atoms with Crippen molar-refractivity contribution in [2.24, 2.45) is 10.2 Å². The Hall–Kier alpha value is -1.57. The molecule has 1 heterocycles. The van der Waals surface area contributed by atoms with Gasteiger partial charge < -0.3 is 10.1 Å². The number of amides is 1. The second kappa shape index (κ2) is 6.55. The summed E-state index contributed by atoms with van der Waals surface area (Å²) >= 11 is 0. The van der Waals surface area contributed by atoms with Crippen molar-refractivity contribution in [2.45, 2.75) is 64.1 Å². The monoisotopic (exact) mass is 265 g/mol. The van der Waals surface area contributed by atoms with Crippen LogP contribution in [0.5, 0.6) is 0 Å². The van der Waals surface area contributed by atoms with Crippen molar-refractivity contribution in [2.75, 3.05) is 6.54 Å². The Labute approximate surface area is 115 Å². The molecule has 1 rings (SSSR count). The van der Waals surface area contributed by atoms with E-state index in [0.717, 1.165) is 25.7 Å². The summed E-state index contributed by atoms with van der Waals surface area (Å²) < 4.78 is 5.14. The van der Waals surface area contributed by atoms with Crippen molar-refractivity contribution in [3.05, 3.63) is 0 Å².